The summed E-state index contributed by atoms with van der Waals surface area (Å²) in [6.07, 6.45) is 1.37. The van der Waals surface area contributed by atoms with Crippen molar-refractivity contribution in [3.63, 3.8) is 0 Å². The Labute approximate surface area is 123 Å². The van der Waals surface area contributed by atoms with Crippen LogP contribution in [0.1, 0.15) is 38.8 Å². The molecular formula is C16H18N2O3. The molecule has 0 radical (unpaired) electrons. The standard InChI is InChI=1S/C16H18N2O3/c1-6-14(17-9(2)3)18-15(19)12-7-10(4)11(5)8-13(12)16(20)21/h6-8H,1-2H2,3-5H3,(H,20,21)(H,17,18,19). The summed E-state index contributed by atoms with van der Waals surface area (Å²) in [4.78, 5) is 27.5. The molecule has 0 saturated heterocycles. The smallest absolute Gasteiger partial charge is 0.336 e. The van der Waals surface area contributed by atoms with E-state index < -0.39 is 11.9 Å². The number of allylic oxidation sites excluding steroid dienone is 1. The van der Waals surface area contributed by atoms with Crippen molar-refractivity contribution in [3.05, 3.63) is 59.3 Å². The molecule has 2 N–H and O–H groups in total. The summed E-state index contributed by atoms with van der Waals surface area (Å²) in [5.41, 5.74) is 2.19. The highest BCUT2D eigenvalue weighted by Gasteiger charge is 2.18. The minimum absolute atomic E-state index is 0.0469. The maximum atomic E-state index is 12.3. The number of benzene rings is 1. The Morgan fingerprint density at radius 2 is 1.76 bits per heavy atom. The van der Waals surface area contributed by atoms with Gasteiger partial charge in [0.15, 0.2) is 0 Å². The largest absolute Gasteiger partial charge is 0.478 e. The molecular weight excluding hydrogens is 268 g/mol. The minimum atomic E-state index is -1.15. The summed E-state index contributed by atoms with van der Waals surface area (Å²) in [6.45, 7) is 12.4. The van der Waals surface area contributed by atoms with Gasteiger partial charge in [0.05, 0.1) is 11.1 Å². The second kappa shape index (κ2) is 6.65. The lowest BCUT2D eigenvalue weighted by Gasteiger charge is -2.10. The highest BCUT2D eigenvalue weighted by Crippen LogP contribution is 2.16. The average Bonchev–Trinajstić information content (AvgIpc) is 2.39. The molecule has 1 aromatic rings. The lowest BCUT2D eigenvalue weighted by atomic mass is 9.99. The molecule has 5 heteroatoms. The molecule has 1 amide bonds. The number of carbonyl (C=O) groups is 2. The predicted octanol–water partition coefficient (Wildman–Crippen LogP) is 2.85. The fourth-order valence-corrected chi connectivity index (χ4v) is 1.69. The quantitative estimate of drug-likeness (QED) is 0.660. The Balaban J connectivity index is 3.24. The van der Waals surface area contributed by atoms with Gasteiger partial charge < -0.3 is 10.4 Å². The number of rotatable bonds is 4. The van der Waals surface area contributed by atoms with Crippen LogP contribution in [0.4, 0.5) is 0 Å². The first-order valence-electron chi connectivity index (χ1n) is 6.28. The third-order valence-electron chi connectivity index (χ3n) is 2.86. The molecule has 0 atom stereocenters. The third-order valence-corrected chi connectivity index (χ3v) is 2.86. The molecule has 0 unspecified atom stereocenters. The van der Waals surface area contributed by atoms with Crippen molar-refractivity contribution in [3.8, 4) is 0 Å². The van der Waals surface area contributed by atoms with Gasteiger partial charge in [0.2, 0.25) is 0 Å². The molecule has 0 fully saturated rings. The van der Waals surface area contributed by atoms with Crippen molar-refractivity contribution in [1.29, 1.82) is 0 Å². The molecule has 0 saturated carbocycles. The van der Waals surface area contributed by atoms with Gasteiger partial charge in [-0.05, 0) is 50.1 Å². The summed E-state index contributed by atoms with van der Waals surface area (Å²) in [7, 11) is 0. The van der Waals surface area contributed by atoms with Gasteiger partial charge in [0, 0.05) is 5.70 Å². The normalized spacial score (nSPS) is 10.9. The molecule has 1 aromatic carbocycles. The fraction of sp³-hybridized carbons (Fsp3) is 0.188. The van der Waals surface area contributed by atoms with Crippen LogP contribution in [0.15, 0.2) is 42.1 Å². The van der Waals surface area contributed by atoms with E-state index in [0.29, 0.717) is 5.70 Å². The Hall–Kier alpha value is -2.69. The Bertz CT molecular complexity index is 658. The second-order valence-electron chi connectivity index (χ2n) is 4.68. The molecule has 0 aromatic heterocycles. The number of carboxylic acid groups (broad SMARTS) is 1. The first-order chi connectivity index (χ1) is 9.76. The summed E-state index contributed by atoms with van der Waals surface area (Å²) < 4.78 is 0. The van der Waals surface area contributed by atoms with Gasteiger partial charge in [-0.1, -0.05) is 13.2 Å². The van der Waals surface area contributed by atoms with Crippen LogP contribution in [-0.4, -0.2) is 22.8 Å². The summed E-state index contributed by atoms with van der Waals surface area (Å²) in [5.74, 6) is -1.47. The lowest BCUT2D eigenvalue weighted by Crippen LogP contribution is -2.30. The van der Waals surface area contributed by atoms with E-state index in [4.69, 9.17) is 0 Å². The van der Waals surface area contributed by atoms with Crippen molar-refractivity contribution in [1.82, 2.24) is 5.32 Å². The Kier molecular flexibility index (Phi) is 5.18. The number of aromatic carboxylic acids is 1. The molecule has 0 bridgehead atoms. The van der Waals surface area contributed by atoms with Crippen molar-refractivity contribution < 1.29 is 14.7 Å². The number of aliphatic imine (C=N–C) groups is 1. The lowest BCUT2D eigenvalue weighted by molar-refractivity contribution is 0.0691. The highest BCUT2D eigenvalue weighted by atomic mass is 16.4. The van der Waals surface area contributed by atoms with Gasteiger partial charge in [-0.3, -0.25) is 4.79 Å². The van der Waals surface area contributed by atoms with E-state index >= 15 is 0 Å². The molecule has 1 rings (SSSR count). The Morgan fingerprint density at radius 1 is 1.24 bits per heavy atom. The van der Waals surface area contributed by atoms with Gasteiger partial charge in [-0.2, -0.15) is 0 Å². The van der Waals surface area contributed by atoms with Crippen LogP contribution in [-0.2, 0) is 0 Å². The predicted molar refractivity (Wildman–Crippen MR) is 82.8 cm³/mol. The first-order valence-corrected chi connectivity index (χ1v) is 6.28. The number of nitrogens with one attached hydrogen (secondary N) is 1. The molecule has 5 nitrogen and oxygen atoms in total. The number of aryl methyl sites for hydroxylation is 2. The van der Waals surface area contributed by atoms with Crippen molar-refractivity contribution in [2.75, 3.05) is 0 Å². The molecule has 0 heterocycles. The molecule has 0 aliphatic heterocycles. The SMILES string of the molecule is C=CC(=NC(=C)C)NC(=O)c1cc(C)c(C)cc1C(=O)O. The summed E-state index contributed by atoms with van der Waals surface area (Å²) in [5, 5.41) is 11.7. The highest BCUT2D eigenvalue weighted by molar-refractivity contribution is 6.13. The summed E-state index contributed by atoms with van der Waals surface area (Å²) in [6, 6.07) is 3.03. The molecule has 0 spiro atoms. The number of carbonyl (C=O) groups excluding carboxylic acids is 1. The minimum Gasteiger partial charge on any atom is -0.478 e. The van der Waals surface area contributed by atoms with E-state index in [-0.39, 0.29) is 17.0 Å². The van der Waals surface area contributed by atoms with Crippen molar-refractivity contribution >= 4 is 17.7 Å². The van der Waals surface area contributed by atoms with E-state index in [1.165, 1.54) is 12.1 Å². The van der Waals surface area contributed by atoms with Gasteiger partial charge >= 0.3 is 5.97 Å². The number of amides is 1. The molecule has 0 aliphatic carbocycles. The fourth-order valence-electron chi connectivity index (χ4n) is 1.69. The van der Waals surface area contributed by atoms with Gasteiger partial charge in [-0.15, -0.1) is 0 Å². The zero-order chi connectivity index (χ0) is 16.2. The molecule has 110 valence electrons. The number of hydrogen-bond donors (Lipinski definition) is 2. The number of carboxylic acids is 1. The van der Waals surface area contributed by atoms with E-state index in [0.717, 1.165) is 11.1 Å². The zero-order valence-corrected chi connectivity index (χ0v) is 12.4. The molecule has 0 aliphatic rings. The number of hydrogen-bond acceptors (Lipinski definition) is 3. The van der Waals surface area contributed by atoms with Crippen molar-refractivity contribution in [2.24, 2.45) is 4.99 Å². The average molecular weight is 286 g/mol. The van der Waals surface area contributed by atoms with Crippen LogP contribution in [0, 0.1) is 13.8 Å². The number of nitrogens with zero attached hydrogens (tertiary/aromatic N) is 1. The van der Waals surface area contributed by atoms with Crippen LogP contribution in [0.25, 0.3) is 0 Å². The van der Waals surface area contributed by atoms with Crippen LogP contribution in [0.2, 0.25) is 0 Å². The van der Waals surface area contributed by atoms with Crippen LogP contribution >= 0.6 is 0 Å². The first kappa shape index (κ1) is 16.4. The van der Waals surface area contributed by atoms with Crippen molar-refractivity contribution in [2.45, 2.75) is 20.8 Å². The van der Waals surface area contributed by atoms with Gasteiger partial charge in [0.1, 0.15) is 5.84 Å². The van der Waals surface area contributed by atoms with Crippen LogP contribution < -0.4 is 5.32 Å². The third kappa shape index (κ3) is 4.14. The molecule has 21 heavy (non-hydrogen) atoms. The maximum Gasteiger partial charge on any atom is 0.336 e. The van der Waals surface area contributed by atoms with Gasteiger partial charge in [-0.25, -0.2) is 9.79 Å². The second-order valence-corrected chi connectivity index (χ2v) is 4.68. The van der Waals surface area contributed by atoms with Crippen LogP contribution in [0.3, 0.4) is 0 Å². The maximum absolute atomic E-state index is 12.3. The zero-order valence-electron chi connectivity index (χ0n) is 12.4. The summed E-state index contributed by atoms with van der Waals surface area (Å²) >= 11 is 0. The van der Waals surface area contributed by atoms with E-state index in [1.807, 2.05) is 6.92 Å². The van der Waals surface area contributed by atoms with E-state index in [1.54, 1.807) is 19.9 Å². The van der Waals surface area contributed by atoms with E-state index in [2.05, 4.69) is 23.5 Å². The number of amidine groups is 1. The van der Waals surface area contributed by atoms with Gasteiger partial charge in [0.25, 0.3) is 5.91 Å². The van der Waals surface area contributed by atoms with Crippen LogP contribution in [0.5, 0.6) is 0 Å². The van der Waals surface area contributed by atoms with E-state index in [9.17, 15) is 14.7 Å². The Morgan fingerprint density at radius 3 is 2.19 bits per heavy atom. The topological polar surface area (TPSA) is 78.8 Å². The monoisotopic (exact) mass is 286 g/mol.